The summed E-state index contributed by atoms with van der Waals surface area (Å²) in [7, 11) is -3.48. The number of rotatable bonds is 2. The molecule has 1 unspecified atom stereocenters. The van der Waals surface area contributed by atoms with Crippen molar-refractivity contribution < 1.29 is 8.42 Å². The van der Waals surface area contributed by atoms with Crippen molar-refractivity contribution in [1.82, 2.24) is 4.31 Å². The molecule has 100 valence electrons. The first kappa shape index (κ1) is 14.3. The third-order valence-electron chi connectivity index (χ3n) is 3.22. The minimum atomic E-state index is -3.48. The van der Waals surface area contributed by atoms with Crippen molar-refractivity contribution in [2.45, 2.75) is 37.1 Å². The summed E-state index contributed by atoms with van der Waals surface area (Å²) in [5.74, 6) is 0. The number of hydrogen-bond donors (Lipinski definition) is 0. The van der Waals surface area contributed by atoms with Gasteiger partial charge in [-0.25, -0.2) is 8.42 Å². The molecule has 0 N–H and O–H groups in total. The second kappa shape index (κ2) is 5.49. The highest BCUT2D eigenvalue weighted by Gasteiger charge is 2.32. The maximum atomic E-state index is 12.6. The van der Waals surface area contributed by atoms with Crippen molar-refractivity contribution in [3.63, 3.8) is 0 Å². The largest absolute Gasteiger partial charge is 0.244 e. The highest BCUT2D eigenvalue weighted by atomic mass is 79.9. The van der Waals surface area contributed by atoms with E-state index in [1.54, 1.807) is 22.5 Å². The quantitative estimate of drug-likeness (QED) is 0.814. The number of sulfonamides is 1. The van der Waals surface area contributed by atoms with Gasteiger partial charge in [0.15, 0.2) is 0 Å². The molecule has 1 aromatic rings. The maximum absolute atomic E-state index is 12.6. The van der Waals surface area contributed by atoms with E-state index >= 15 is 0 Å². The smallest absolute Gasteiger partial charge is 0.207 e. The standard InChI is InChI=1S/C12H15BrClNO2S/c1-9-4-2-3-7-15(9)18(16,17)12-6-5-10(13)8-11(12)14/h5-6,8-9H,2-4,7H2,1H3. The number of hydrogen-bond acceptors (Lipinski definition) is 2. The molecule has 0 aliphatic carbocycles. The zero-order valence-electron chi connectivity index (χ0n) is 10.1. The first-order valence-electron chi connectivity index (χ1n) is 5.90. The predicted octanol–water partition coefficient (Wildman–Crippen LogP) is 3.67. The zero-order chi connectivity index (χ0) is 13.3. The van der Waals surface area contributed by atoms with Crippen LogP contribution in [0.15, 0.2) is 27.6 Å². The molecule has 0 spiro atoms. The monoisotopic (exact) mass is 351 g/mol. The molecule has 1 aliphatic rings. The molecule has 1 atom stereocenters. The van der Waals surface area contributed by atoms with Gasteiger partial charge in [-0.1, -0.05) is 34.0 Å². The minimum absolute atomic E-state index is 0.0449. The number of halogens is 2. The second-order valence-electron chi connectivity index (χ2n) is 4.54. The van der Waals surface area contributed by atoms with Gasteiger partial charge in [0, 0.05) is 17.1 Å². The van der Waals surface area contributed by atoms with Crippen molar-refractivity contribution in [3.05, 3.63) is 27.7 Å². The fraction of sp³-hybridized carbons (Fsp3) is 0.500. The van der Waals surface area contributed by atoms with Crippen molar-refractivity contribution >= 4 is 37.6 Å². The van der Waals surface area contributed by atoms with Crippen LogP contribution in [-0.2, 0) is 10.0 Å². The number of piperidine rings is 1. The Hall–Kier alpha value is -0.100. The van der Waals surface area contributed by atoms with Gasteiger partial charge in [0.05, 0.1) is 5.02 Å². The van der Waals surface area contributed by atoms with E-state index in [1.165, 1.54) is 0 Å². The number of benzene rings is 1. The lowest BCUT2D eigenvalue weighted by molar-refractivity contribution is 0.268. The molecule has 1 fully saturated rings. The Morgan fingerprint density at radius 1 is 1.39 bits per heavy atom. The van der Waals surface area contributed by atoms with Crippen LogP contribution in [0.2, 0.25) is 5.02 Å². The van der Waals surface area contributed by atoms with E-state index in [9.17, 15) is 8.42 Å². The van der Waals surface area contributed by atoms with Crippen LogP contribution in [0.5, 0.6) is 0 Å². The van der Waals surface area contributed by atoms with Crippen molar-refractivity contribution in [1.29, 1.82) is 0 Å². The average molecular weight is 353 g/mol. The molecule has 1 heterocycles. The SMILES string of the molecule is CC1CCCCN1S(=O)(=O)c1ccc(Br)cc1Cl. The van der Waals surface area contributed by atoms with E-state index in [-0.39, 0.29) is 16.0 Å². The van der Waals surface area contributed by atoms with E-state index < -0.39 is 10.0 Å². The average Bonchev–Trinajstić information content (AvgIpc) is 2.28. The topological polar surface area (TPSA) is 37.4 Å². The van der Waals surface area contributed by atoms with Crippen LogP contribution >= 0.6 is 27.5 Å². The Morgan fingerprint density at radius 3 is 2.72 bits per heavy atom. The maximum Gasteiger partial charge on any atom is 0.244 e. The molecule has 0 saturated carbocycles. The van der Waals surface area contributed by atoms with Gasteiger partial charge >= 0.3 is 0 Å². The van der Waals surface area contributed by atoms with Gasteiger partial charge in [-0.3, -0.25) is 0 Å². The first-order valence-corrected chi connectivity index (χ1v) is 8.51. The van der Waals surface area contributed by atoms with Crippen molar-refractivity contribution in [3.8, 4) is 0 Å². The first-order chi connectivity index (χ1) is 8.43. The third kappa shape index (κ3) is 2.74. The second-order valence-corrected chi connectivity index (χ2v) is 7.72. The van der Waals surface area contributed by atoms with E-state index in [1.807, 2.05) is 6.92 Å². The van der Waals surface area contributed by atoms with Crippen LogP contribution in [0.25, 0.3) is 0 Å². The zero-order valence-corrected chi connectivity index (χ0v) is 13.2. The van der Waals surface area contributed by atoms with Gasteiger partial charge in [0.1, 0.15) is 4.90 Å². The molecular formula is C12H15BrClNO2S. The van der Waals surface area contributed by atoms with Crippen molar-refractivity contribution in [2.24, 2.45) is 0 Å². The Kier molecular flexibility index (Phi) is 4.36. The fourth-order valence-corrected chi connectivity index (χ4v) is 4.95. The molecule has 6 heteroatoms. The summed E-state index contributed by atoms with van der Waals surface area (Å²) in [5.41, 5.74) is 0. The third-order valence-corrected chi connectivity index (χ3v) is 6.21. The highest BCUT2D eigenvalue weighted by molar-refractivity contribution is 9.10. The fourth-order valence-electron chi connectivity index (χ4n) is 2.24. The van der Waals surface area contributed by atoms with Crippen LogP contribution in [-0.4, -0.2) is 25.3 Å². The lowest BCUT2D eigenvalue weighted by Crippen LogP contribution is -2.42. The van der Waals surface area contributed by atoms with Crippen LogP contribution in [0.3, 0.4) is 0 Å². The minimum Gasteiger partial charge on any atom is -0.207 e. The molecule has 0 radical (unpaired) electrons. The van der Waals surface area contributed by atoms with Crippen LogP contribution in [0, 0.1) is 0 Å². The Labute approximate surface area is 121 Å². The Morgan fingerprint density at radius 2 is 2.11 bits per heavy atom. The van der Waals surface area contributed by atoms with E-state index in [0.717, 1.165) is 23.7 Å². The molecule has 1 aliphatic heterocycles. The Balaban J connectivity index is 2.41. The van der Waals surface area contributed by atoms with Gasteiger partial charge in [-0.05, 0) is 38.0 Å². The Bertz CT molecular complexity index is 547. The van der Waals surface area contributed by atoms with Gasteiger partial charge in [0.2, 0.25) is 10.0 Å². The molecule has 3 nitrogen and oxygen atoms in total. The molecule has 0 aromatic heterocycles. The molecule has 0 amide bonds. The van der Waals surface area contributed by atoms with E-state index in [4.69, 9.17) is 11.6 Å². The van der Waals surface area contributed by atoms with Gasteiger partial charge in [-0.2, -0.15) is 4.31 Å². The molecule has 1 saturated heterocycles. The van der Waals surface area contributed by atoms with Crippen LogP contribution < -0.4 is 0 Å². The lowest BCUT2D eigenvalue weighted by Gasteiger charge is -2.32. The van der Waals surface area contributed by atoms with Crippen molar-refractivity contribution in [2.75, 3.05) is 6.54 Å². The molecule has 2 rings (SSSR count). The lowest BCUT2D eigenvalue weighted by atomic mass is 10.1. The predicted molar refractivity (Wildman–Crippen MR) is 76.4 cm³/mol. The van der Waals surface area contributed by atoms with Gasteiger partial charge < -0.3 is 0 Å². The van der Waals surface area contributed by atoms with Crippen LogP contribution in [0.1, 0.15) is 26.2 Å². The normalized spacial score (nSPS) is 22.1. The van der Waals surface area contributed by atoms with Gasteiger partial charge in [-0.15, -0.1) is 0 Å². The molecule has 1 aromatic carbocycles. The van der Waals surface area contributed by atoms with Crippen LogP contribution in [0.4, 0.5) is 0 Å². The summed E-state index contributed by atoms with van der Waals surface area (Å²) in [6.07, 6.45) is 2.91. The summed E-state index contributed by atoms with van der Waals surface area (Å²) >= 11 is 9.32. The summed E-state index contributed by atoms with van der Waals surface area (Å²) in [5, 5.41) is 0.266. The summed E-state index contributed by atoms with van der Waals surface area (Å²) < 4.78 is 27.4. The van der Waals surface area contributed by atoms with E-state index in [2.05, 4.69) is 15.9 Å². The van der Waals surface area contributed by atoms with E-state index in [0.29, 0.717) is 6.54 Å². The summed E-state index contributed by atoms with van der Waals surface area (Å²) in [6, 6.07) is 4.92. The molecule has 18 heavy (non-hydrogen) atoms. The van der Waals surface area contributed by atoms with Gasteiger partial charge in [0.25, 0.3) is 0 Å². The molecule has 0 bridgehead atoms. The summed E-state index contributed by atoms with van der Waals surface area (Å²) in [6.45, 7) is 2.53. The highest BCUT2D eigenvalue weighted by Crippen LogP contribution is 2.31. The molecular weight excluding hydrogens is 338 g/mol. The number of nitrogens with zero attached hydrogens (tertiary/aromatic N) is 1. The summed E-state index contributed by atoms with van der Waals surface area (Å²) in [4.78, 5) is 0.195.